The van der Waals surface area contributed by atoms with Crippen LogP contribution in [0.1, 0.15) is 29.8 Å². The van der Waals surface area contributed by atoms with E-state index in [2.05, 4.69) is 0 Å². The van der Waals surface area contributed by atoms with Gasteiger partial charge in [0, 0.05) is 24.6 Å². The van der Waals surface area contributed by atoms with Crippen LogP contribution in [0, 0.1) is 18.3 Å². The summed E-state index contributed by atoms with van der Waals surface area (Å²) in [7, 11) is -3.59. The first-order chi connectivity index (χ1) is 11.7. The van der Waals surface area contributed by atoms with Crippen LogP contribution in [0.5, 0.6) is 0 Å². The molecule has 1 atom stereocenters. The molecule has 4 nitrogen and oxygen atoms in total. The molecule has 0 N–H and O–H groups in total. The molecule has 1 unspecified atom stereocenters. The van der Waals surface area contributed by atoms with E-state index in [-0.39, 0.29) is 23.1 Å². The Kier molecular flexibility index (Phi) is 4.56. The van der Waals surface area contributed by atoms with Crippen molar-refractivity contribution in [1.29, 1.82) is 0 Å². The van der Waals surface area contributed by atoms with Crippen LogP contribution in [0.15, 0.2) is 59.5 Å². The zero-order valence-electron chi connectivity index (χ0n) is 14.8. The van der Waals surface area contributed by atoms with Gasteiger partial charge in [-0.05, 0) is 24.5 Å². The molecule has 25 heavy (non-hydrogen) atoms. The molecule has 1 aliphatic rings. The van der Waals surface area contributed by atoms with Gasteiger partial charge in [0.25, 0.3) is 0 Å². The van der Waals surface area contributed by atoms with Crippen molar-refractivity contribution in [2.24, 2.45) is 11.3 Å². The zero-order chi connectivity index (χ0) is 18.2. The maximum Gasteiger partial charge on any atom is 0.243 e. The first-order valence-electron chi connectivity index (χ1n) is 8.38. The van der Waals surface area contributed by atoms with E-state index in [9.17, 15) is 13.2 Å². The molecular formula is C20H23NO3S. The van der Waals surface area contributed by atoms with Gasteiger partial charge in [-0.25, -0.2) is 8.42 Å². The lowest BCUT2D eigenvalue weighted by molar-refractivity contribution is 0.0858. The molecule has 1 fully saturated rings. The number of carbonyl (C=O) groups excluding carboxylic acids is 1. The fourth-order valence-electron chi connectivity index (χ4n) is 3.36. The van der Waals surface area contributed by atoms with Gasteiger partial charge in [-0.2, -0.15) is 4.31 Å². The summed E-state index contributed by atoms with van der Waals surface area (Å²) >= 11 is 0. The van der Waals surface area contributed by atoms with Crippen LogP contribution in [0.25, 0.3) is 0 Å². The smallest absolute Gasteiger partial charge is 0.243 e. The van der Waals surface area contributed by atoms with Crippen LogP contribution in [-0.4, -0.2) is 31.6 Å². The average molecular weight is 357 g/mol. The third-order valence-electron chi connectivity index (χ3n) is 4.95. The predicted molar refractivity (Wildman–Crippen MR) is 98.0 cm³/mol. The monoisotopic (exact) mass is 357 g/mol. The molecule has 2 aromatic carbocycles. The van der Waals surface area contributed by atoms with Crippen molar-refractivity contribution in [3.63, 3.8) is 0 Å². The Morgan fingerprint density at radius 2 is 1.64 bits per heavy atom. The molecule has 0 aromatic heterocycles. The van der Waals surface area contributed by atoms with Crippen molar-refractivity contribution in [2.75, 3.05) is 13.1 Å². The van der Waals surface area contributed by atoms with Crippen molar-refractivity contribution in [3.8, 4) is 0 Å². The van der Waals surface area contributed by atoms with Gasteiger partial charge < -0.3 is 0 Å². The summed E-state index contributed by atoms with van der Waals surface area (Å²) in [6.45, 7) is 6.40. The number of carbonyl (C=O) groups is 1. The van der Waals surface area contributed by atoms with Gasteiger partial charge in [-0.15, -0.1) is 0 Å². The Balaban J connectivity index is 1.89. The maximum absolute atomic E-state index is 13.0. The van der Waals surface area contributed by atoms with Crippen LogP contribution >= 0.6 is 0 Å². The molecule has 0 amide bonds. The maximum atomic E-state index is 13.0. The molecule has 1 aliphatic heterocycles. The molecule has 0 spiro atoms. The molecule has 5 heteroatoms. The van der Waals surface area contributed by atoms with Gasteiger partial charge in [0.2, 0.25) is 10.0 Å². The lowest BCUT2D eigenvalue weighted by Crippen LogP contribution is -2.30. The van der Waals surface area contributed by atoms with Gasteiger partial charge in [0.15, 0.2) is 5.78 Å². The number of nitrogens with zero attached hydrogens (tertiary/aromatic N) is 1. The van der Waals surface area contributed by atoms with Crippen molar-refractivity contribution in [2.45, 2.75) is 25.7 Å². The quantitative estimate of drug-likeness (QED) is 0.787. The molecule has 0 bridgehead atoms. The highest BCUT2D eigenvalue weighted by Crippen LogP contribution is 2.39. The highest BCUT2D eigenvalue weighted by molar-refractivity contribution is 7.89. The van der Waals surface area contributed by atoms with Crippen molar-refractivity contribution >= 4 is 15.8 Å². The number of hydrogen-bond donors (Lipinski definition) is 0. The second-order valence-corrected chi connectivity index (χ2v) is 9.32. The molecular weight excluding hydrogens is 334 g/mol. The molecule has 0 radical (unpaired) electrons. The second-order valence-electron chi connectivity index (χ2n) is 7.38. The Labute approximate surface area is 149 Å². The lowest BCUT2D eigenvalue weighted by Gasteiger charge is -2.24. The summed E-state index contributed by atoms with van der Waals surface area (Å²) in [4.78, 5) is 13.2. The van der Waals surface area contributed by atoms with Crippen molar-refractivity contribution in [1.82, 2.24) is 4.31 Å². The van der Waals surface area contributed by atoms with Crippen LogP contribution < -0.4 is 0 Å². The van der Waals surface area contributed by atoms with Gasteiger partial charge >= 0.3 is 0 Å². The van der Waals surface area contributed by atoms with E-state index in [0.717, 1.165) is 5.56 Å². The Morgan fingerprint density at radius 1 is 1.04 bits per heavy atom. The van der Waals surface area contributed by atoms with E-state index in [0.29, 0.717) is 12.1 Å². The normalized spacial score (nSPS) is 20.5. The van der Waals surface area contributed by atoms with E-state index < -0.39 is 15.4 Å². The number of hydrogen-bond acceptors (Lipinski definition) is 3. The average Bonchev–Trinajstić information content (AvgIpc) is 2.91. The van der Waals surface area contributed by atoms with Crippen molar-refractivity contribution < 1.29 is 13.2 Å². The van der Waals surface area contributed by atoms with E-state index >= 15 is 0 Å². The van der Waals surface area contributed by atoms with Crippen molar-refractivity contribution in [3.05, 3.63) is 65.7 Å². The number of sulfonamides is 1. The number of aryl methyl sites for hydroxylation is 1. The minimum Gasteiger partial charge on any atom is -0.294 e. The Hall–Kier alpha value is -1.98. The van der Waals surface area contributed by atoms with E-state index in [1.54, 1.807) is 36.4 Å². The van der Waals surface area contributed by atoms with Gasteiger partial charge in [-0.1, -0.05) is 61.9 Å². The first kappa shape index (κ1) is 17.8. The predicted octanol–water partition coefficient (Wildman–Crippen LogP) is 3.52. The first-order valence-corrected chi connectivity index (χ1v) is 9.82. The minimum absolute atomic E-state index is 0.00667. The summed E-state index contributed by atoms with van der Waals surface area (Å²) in [5, 5.41) is 0. The molecule has 3 rings (SSSR count). The summed E-state index contributed by atoms with van der Waals surface area (Å²) in [5.41, 5.74) is 1.23. The molecule has 2 aromatic rings. The van der Waals surface area contributed by atoms with E-state index in [4.69, 9.17) is 0 Å². The molecule has 0 saturated carbocycles. The summed E-state index contributed by atoms with van der Waals surface area (Å²) < 4.78 is 27.4. The SMILES string of the molecule is Cc1ccc(S(=O)(=O)N2CC(C(=O)c3ccccc3)C(C)(C)C2)cc1. The van der Waals surface area contributed by atoms with Crippen LogP contribution in [-0.2, 0) is 10.0 Å². The summed E-state index contributed by atoms with van der Waals surface area (Å²) in [6, 6.07) is 15.9. The van der Waals surface area contributed by atoms with Crippen LogP contribution in [0.2, 0.25) is 0 Å². The summed E-state index contributed by atoms with van der Waals surface area (Å²) in [5.74, 6) is -0.345. The third-order valence-corrected chi connectivity index (χ3v) is 6.77. The fraction of sp³-hybridized carbons (Fsp3) is 0.350. The third kappa shape index (κ3) is 3.39. The Morgan fingerprint density at radius 3 is 2.24 bits per heavy atom. The Bertz CT molecular complexity index is 871. The number of benzene rings is 2. The van der Waals surface area contributed by atoms with Gasteiger partial charge in [0.1, 0.15) is 0 Å². The molecule has 1 saturated heterocycles. The van der Waals surface area contributed by atoms with E-state index in [1.165, 1.54) is 4.31 Å². The fourth-order valence-corrected chi connectivity index (χ4v) is 4.99. The van der Waals surface area contributed by atoms with E-state index in [1.807, 2.05) is 39.0 Å². The molecule has 0 aliphatic carbocycles. The number of Topliss-reactive ketones (excluding diaryl/α,β-unsaturated/α-hetero) is 1. The van der Waals surface area contributed by atoms with Crippen LogP contribution in [0.4, 0.5) is 0 Å². The van der Waals surface area contributed by atoms with Gasteiger partial charge in [-0.3, -0.25) is 4.79 Å². The minimum atomic E-state index is -3.59. The zero-order valence-corrected chi connectivity index (χ0v) is 15.6. The highest BCUT2D eigenvalue weighted by atomic mass is 32.2. The molecule has 1 heterocycles. The lowest BCUT2D eigenvalue weighted by atomic mass is 9.78. The largest absolute Gasteiger partial charge is 0.294 e. The standard InChI is InChI=1S/C20H23NO3S/c1-15-9-11-17(12-10-15)25(23,24)21-13-18(20(2,3)14-21)19(22)16-7-5-4-6-8-16/h4-12,18H,13-14H2,1-3H3. The molecule has 132 valence electrons. The summed E-state index contributed by atoms with van der Waals surface area (Å²) in [6.07, 6.45) is 0. The van der Waals surface area contributed by atoms with Crippen LogP contribution in [0.3, 0.4) is 0 Å². The van der Waals surface area contributed by atoms with Gasteiger partial charge in [0.05, 0.1) is 4.90 Å². The number of ketones is 1. The number of rotatable bonds is 4. The second kappa shape index (κ2) is 6.39. The topological polar surface area (TPSA) is 54.5 Å². The highest BCUT2D eigenvalue weighted by Gasteiger charge is 2.47.